The second kappa shape index (κ2) is 4.92. The summed E-state index contributed by atoms with van der Waals surface area (Å²) in [6, 6.07) is 0. The van der Waals surface area contributed by atoms with Crippen molar-refractivity contribution in [3.05, 3.63) is 0 Å². The van der Waals surface area contributed by atoms with E-state index in [2.05, 4.69) is 0 Å². The predicted octanol–water partition coefficient (Wildman–Crippen LogP) is 0.120. The van der Waals surface area contributed by atoms with Crippen LogP contribution in [0.3, 0.4) is 0 Å². The number of carbonyl (C=O) groups is 1. The van der Waals surface area contributed by atoms with E-state index in [1.807, 2.05) is 0 Å². The van der Waals surface area contributed by atoms with Gasteiger partial charge in [0, 0.05) is 0 Å². The van der Waals surface area contributed by atoms with Crippen molar-refractivity contribution in [2.24, 2.45) is 0 Å². The predicted molar refractivity (Wildman–Crippen MR) is 64.8 cm³/mol. The molecule has 0 amide bonds. The Kier molecular flexibility index (Phi) is 3.85. The molecule has 2 rings (SSSR count). The van der Waals surface area contributed by atoms with Gasteiger partial charge >= 0.3 is 16.4 Å². The Morgan fingerprint density at radius 3 is 2.50 bits per heavy atom. The molecule has 0 aliphatic carbocycles. The first-order chi connectivity index (χ1) is 9.10. The van der Waals surface area contributed by atoms with E-state index < -0.39 is 40.0 Å². The molecule has 2 heterocycles. The van der Waals surface area contributed by atoms with Gasteiger partial charge in [-0.1, -0.05) is 0 Å². The molecule has 2 aliphatic heterocycles. The van der Waals surface area contributed by atoms with Crippen molar-refractivity contribution >= 4 is 16.4 Å². The maximum Gasteiger partial charge on any atom is 0.401 e. The maximum atomic E-state index is 12.0. The molecule has 0 saturated carbocycles. The van der Waals surface area contributed by atoms with Crippen LogP contribution in [-0.2, 0) is 37.8 Å². The van der Waals surface area contributed by atoms with Crippen molar-refractivity contribution in [2.75, 3.05) is 13.2 Å². The van der Waals surface area contributed by atoms with Crippen molar-refractivity contribution < 1.29 is 35.8 Å². The molecule has 3 atom stereocenters. The minimum absolute atomic E-state index is 0.0888. The topological polar surface area (TPSA) is 97.4 Å². The van der Waals surface area contributed by atoms with Gasteiger partial charge in [-0.25, -0.2) is 13.2 Å². The highest BCUT2D eigenvalue weighted by molar-refractivity contribution is 7.82. The summed E-state index contributed by atoms with van der Waals surface area (Å²) in [4.78, 5) is 12.0. The molecular formula is C11H18O8S. The number of carbonyl (C=O) groups excluding carboxylic acids is 1. The van der Waals surface area contributed by atoms with Crippen molar-refractivity contribution in [2.45, 2.75) is 51.3 Å². The normalized spacial score (nSPS) is 38.8. The third kappa shape index (κ3) is 2.82. The SMILES string of the molecule is CCOC(=O)[C@@]1(C)OS(=O)(=O)O[C@@H]1[C@@H]1COC(C)(C)O1. The summed E-state index contributed by atoms with van der Waals surface area (Å²) < 4.78 is 48.5. The van der Waals surface area contributed by atoms with Crippen LogP contribution in [0.4, 0.5) is 0 Å². The van der Waals surface area contributed by atoms with Crippen molar-refractivity contribution in [1.29, 1.82) is 0 Å². The van der Waals surface area contributed by atoms with Gasteiger partial charge in [0.25, 0.3) is 0 Å². The second-order valence-corrected chi connectivity index (χ2v) is 6.38. The van der Waals surface area contributed by atoms with Gasteiger partial charge < -0.3 is 14.2 Å². The molecule has 0 aromatic rings. The smallest absolute Gasteiger partial charge is 0.401 e. The zero-order valence-corrected chi connectivity index (χ0v) is 12.6. The first-order valence-electron chi connectivity index (χ1n) is 6.22. The van der Waals surface area contributed by atoms with E-state index >= 15 is 0 Å². The second-order valence-electron chi connectivity index (χ2n) is 5.20. The third-order valence-corrected chi connectivity index (χ3v) is 4.08. The molecule has 2 aliphatic rings. The van der Waals surface area contributed by atoms with E-state index in [9.17, 15) is 13.2 Å². The largest absolute Gasteiger partial charge is 0.464 e. The molecule has 0 spiro atoms. The summed E-state index contributed by atoms with van der Waals surface area (Å²) in [5.74, 6) is -1.70. The van der Waals surface area contributed by atoms with Crippen LogP contribution in [0.5, 0.6) is 0 Å². The van der Waals surface area contributed by atoms with Crippen molar-refractivity contribution in [1.82, 2.24) is 0 Å². The fourth-order valence-electron chi connectivity index (χ4n) is 2.20. The average Bonchev–Trinajstić information content (AvgIpc) is 2.77. The van der Waals surface area contributed by atoms with Crippen LogP contribution in [0.25, 0.3) is 0 Å². The van der Waals surface area contributed by atoms with Gasteiger partial charge in [0.15, 0.2) is 5.79 Å². The minimum atomic E-state index is -4.28. The monoisotopic (exact) mass is 310 g/mol. The standard InChI is InChI=1S/C11H18O8S/c1-5-15-9(12)11(4)8(18-20(13,14)19-11)7-6-16-10(2,3)17-7/h7-8H,5-6H2,1-4H3/t7-,8+,11-/m0/s1. The molecule has 9 heteroatoms. The number of ether oxygens (including phenoxy) is 3. The molecule has 116 valence electrons. The molecule has 0 radical (unpaired) electrons. The highest BCUT2D eigenvalue weighted by Gasteiger charge is 2.61. The van der Waals surface area contributed by atoms with E-state index in [-0.39, 0.29) is 13.2 Å². The zero-order chi connectivity index (χ0) is 15.2. The average molecular weight is 310 g/mol. The summed E-state index contributed by atoms with van der Waals surface area (Å²) in [6.45, 7) is 6.45. The number of rotatable bonds is 3. The Morgan fingerprint density at radius 1 is 1.35 bits per heavy atom. The molecule has 8 nitrogen and oxygen atoms in total. The van der Waals surface area contributed by atoms with Crippen LogP contribution in [0.15, 0.2) is 0 Å². The Balaban J connectivity index is 2.27. The fourth-order valence-corrected chi connectivity index (χ4v) is 3.39. The van der Waals surface area contributed by atoms with Gasteiger partial charge in [-0.2, -0.15) is 8.42 Å². The van der Waals surface area contributed by atoms with Gasteiger partial charge in [0.1, 0.15) is 12.2 Å². The lowest BCUT2D eigenvalue weighted by Crippen LogP contribution is -2.52. The first kappa shape index (κ1) is 15.6. The summed E-state index contributed by atoms with van der Waals surface area (Å²) in [6.07, 6.45) is -1.91. The number of hydrogen-bond donors (Lipinski definition) is 0. The minimum Gasteiger partial charge on any atom is -0.464 e. The van der Waals surface area contributed by atoms with Crippen LogP contribution in [0.2, 0.25) is 0 Å². The Bertz CT molecular complexity index is 499. The van der Waals surface area contributed by atoms with Gasteiger partial charge in [-0.05, 0) is 27.7 Å². The highest BCUT2D eigenvalue weighted by atomic mass is 32.3. The molecule has 0 aromatic carbocycles. The van der Waals surface area contributed by atoms with Crippen molar-refractivity contribution in [3.8, 4) is 0 Å². The third-order valence-electron chi connectivity index (χ3n) is 3.09. The molecule has 20 heavy (non-hydrogen) atoms. The van der Waals surface area contributed by atoms with Gasteiger partial charge in [-0.15, -0.1) is 0 Å². The summed E-state index contributed by atoms with van der Waals surface area (Å²) in [7, 11) is -4.28. The van der Waals surface area contributed by atoms with E-state index in [0.29, 0.717) is 0 Å². The lowest BCUT2D eigenvalue weighted by Gasteiger charge is -2.27. The summed E-state index contributed by atoms with van der Waals surface area (Å²) in [5.41, 5.74) is -1.79. The fraction of sp³-hybridized carbons (Fsp3) is 0.909. The molecule has 2 saturated heterocycles. The Labute approximate surface area is 117 Å². The maximum absolute atomic E-state index is 12.0. The van der Waals surface area contributed by atoms with Gasteiger partial charge in [-0.3, -0.25) is 0 Å². The van der Waals surface area contributed by atoms with Gasteiger partial charge in [0.2, 0.25) is 5.60 Å². The van der Waals surface area contributed by atoms with E-state index in [0.717, 1.165) is 0 Å². The van der Waals surface area contributed by atoms with Crippen LogP contribution in [0.1, 0.15) is 27.7 Å². The summed E-state index contributed by atoms with van der Waals surface area (Å²) >= 11 is 0. The molecule has 2 fully saturated rings. The summed E-state index contributed by atoms with van der Waals surface area (Å²) in [5, 5.41) is 0. The molecule has 0 bridgehead atoms. The molecule has 0 aromatic heterocycles. The van der Waals surface area contributed by atoms with Crippen LogP contribution >= 0.6 is 0 Å². The number of hydrogen-bond acceptors (Lipinski definition) is 8. The zero-order valence-electron chi connectivity index (χ0n) is 11.7. The van der Waals surface area contributed by atoms with Crippen molar-refractivity contribution in [3.63, 3.8) is 0 Å². The first-order valence-corrected chi connectivity index (χ1v) is 7.56. The molecule has 0 N–H and O–H groups in total. The Morgan fingerprint density at radius 2 is 2.00 bits per heavy atom. The quantitative estimate of drug-likeness (QED) is 0.678. The number of esters is 1. The highest BCUT2D eigenvalue weighted by Crippen LogP contribution is 2.38. The lowest BCUT2D eigenvalue weighted by atomic mass is 9.95. The molecule has 0 unspecified atom stereocenters. The van der Waals surface area contributed by atoms with Crippen LogP contribution < -0.4 is 0 Å². The van der Waals surface area contributed by atoms with E-state index in [1.54, 1.807) is 20.8 Å². The Hall–Kier alpha value is -0.740. The van der Waals surface area contributed by atoms with E-state index in [1.165, 1.54) is 6.92 Å². The molecular weight excluding hydrogens is 292 g/mol. The van der Waals surface area contributed by atoms with Gasteiger partial charge in [0.05, 0.1) is 13.2 Å². The van der Waals surface area contributed by atoms with Crippen LogP contribution in [0, 0.1) is 0 Å². The van der Waals surface area contributed by atoms with Crippen LogP contribution in [-0.4, -0.2) is 51.2 Å². The lowest BCUT2D eigenvalue weighted by molar-refractivity contribution is -0.175. The van der Waals surface area contributed by atoms with E-state index in [4.69, 9.17) is 22.6 Å².